The highest BCUT2D eigenvalue weighted by molar-refractivity contribution is 7.99. The summed E-state index contributed by atoms with van der Waals surface area (Å²) >= 11 is 6.46. The smallest absolute Gasteiger partial charge is 0.262 e. The largest absolute Gasteiger partial charge is 0.490 e. The van der Waals surface area contributed by atoms with Crippen LogP contribution in [0.15, 0.2) is 48.8 Å². The molecule has 4 aliphatic rings. The number of carbonyl (C=O) groups is 1. The van der Waals surface area contributed by atoms with E-state index >= 15 is 0 Å². The van der Waals surface area contributed by atoms with Gasteiger partial charge in [0.05, 0.1) is 22.0 Å². The Morgan fingerprint density at radius 1 is 1.13 bits per heavy atom. The minimum atomic E-state index is -2.96. The van der Waals surface area contributed by atoms with Gasteiger partial charge < -0.3 is 19.3 Å². The van der Waals surface area contributed by atoms with Crippen LogP contribution in [0.1, 0.15) is 86.1 Å². The van der Waals surface area contributed by atoms with Gasteiger partial charge in [-0.2, -0.15) is 0 Å². The summed E-state index contributed by atoms with van der Waals surface area (Å²) in [6, 6.07) is 11.8. The minimum absolute atomic E-state index is 0.0220. The zero-order valence-electron chi connectivity index (χ0n) is 27.7. The molecule has 0 saturated heterocycles. The maximum atomic E-state index is 13.9. The number of nitrogens with one attached hydrogen (secondary N) is 1. The third-order valence-electron chi connectivity index (χ3n) is 11.9. The van der Waals surface area contributed by atoms with Crippen LogP contribution in [0.4, 0.5) is 5.69 Å². The average Bonchev–Trinajstić information content (AvgIpc) is 3.40. The molecule has 8 nitrogen and oxygen atoms in total. The van der Waals surface area contributed by atoms with Crippen molar-refractivity contribution in [3.05, 3.63) is 76.3 Å². The van der Waals surface area contributed by atoms with Crippen LogP contribution >= 0.6 is 11.6 Å². The highest BCUT2D eigenvalue weighted by atomic mass is 35.5. The van der Waals surface area contributed by atoms with Gasteiger partial charge in [-0.25, -0.2) is 9.19 Å². The zero-order chi connectivity index (χ0) is 33.1. The monoisotopic (exact) mass is 678 g/mol. The lowest BCUT2D eigenvalue weighted by Crippen LogP contribution is -2.52. The molecule has 2 aliphatic carbocycles. The molecule has 1 amide bonds. The fourth-order valence-electron chi connectivity index (χ4n) is 8.81. The quantitative estimate of drug-likeness (QED) is 0.305. The van der Waals surface area contributed by atoms with E-state index in [-0.39, 0.29) is 34.3 Å². The molecule has 3 heterocycles. The van der Waals surface area contributed by atoms with E-state index in [1.54, 1.807) is 12.3 Å². The van der Waals surface area contributed by atoms with Gasteiger partial charge in [-0.1, -0.05) is 24.6 Å². The highest BCUT2D eigenvalue weighted by Crippen LogP contribution is 2.51. The maximum Gasteiger partial charge on any atom is 0.262 e. The van der Waals surface area contributed by atoms with Crippen molar-refractivity contribution in [1.29, 1.82) is 0 Å². The van der Waals surface area contributed by atoms with Gasteiger partial charge >= 0.3 is 0 Å². The third-order valence-corrected chi connectivity index (χ3v) is 14.3. The van der Waals surface area contributed by atoms with Crippen LogP contribution in [0.25, 0.3) is 0 Å². The van der Waals surface area contributed by atoms with E-state index in [2.05, 4.69) is 39.5 Å². The number of carbonyl (C=O) groups excluding carboxylic acids is 1. The van der Waals surface area contributed by atoms with Crippen LogP contribution < -0.4 is 14.4 Å². The summed E-state index contributed by atoms with van der Waals surface area (Å²) in [5.74, 6) is 5.33. The second kappa shape index (κ2) is 12.1. The number of fused-ring (bicyclic) bond motifs is 4. The predicted molar refractivity (Wildman–Crippen MR) is 189 cm³/mol. The number of halogens is 1. The third kappa shape index (κ3) is 5.76. The van der Waals surface area contributed by atoms with E-state index in [1.807, 2.05) is 42.9 Å². The van der Waals surface area contributed by atoms with Crippen molar-refractivity contribution in [2.24, 2.45) is 24.8 Å². The van der Waals surface area contributed by atoms with Gasteiger partial charge in [0.25, 0.3) is 5.91 Å². The Labute approximate surface area is 284 Å². The average molecular weight is 679 g/mol. The maximum absolute atomic E-state index is 13.9. The van der Waals surface area contributed by atoms with Crippen molar-refractivity contribution >= 4 is 38.8 Å². The number of aromatic nitrogens is 2. The molecule has 1 aromatic heterocycles. The molecule has 2 N–H and O–H groups in total. The van der Waals surface area contributed by atoms with Gasteiger partial charge in [0.15, 0.2) is 0 Å². The summed E-state index contributed by atoms with van der Waals surface area (Å²) in [6.45, 7) is 5.90. The molecule has 252 valence electrons. The lowest BCUT2D eigenvalue weighted by atomic mass is 9.62. The molecule has 1 unspecified atom stereocenters. The highest BCUT2D eigenvalue weighted by Gasteiger charge is 2.51. The molecule has 1 spiro atoms. The van der Waals surface area contributed by atoms with E-state index < -0.39 is 15.3 Å². The van der Waals surface area contributed by atoms with Crippen LogP contribution in [-0.2, 0) is 34.2 Å². The first-order chi connectivity index (χ1) is 22.4. The van der Waals surface area contributed by atoms with Gasteiger partial charge in [0.1, 0.15) is 17.2 Å². The predicted octanol–water partition coefficient (Wildman–Crippen LogP) is 6.03. The molecular formula is C37H47ClN4O4S. The van der Waals surface area contributed by atoms with Crippen molar-refractivity contribution in [3.8, 4) is 5.75 Å². The number of aliphatic hydroxyl groups is 1. The lowest BCUT2D eigenvalue weighted by molar-refractivity contribution is -0.102. The molecule has 10 heteroatoms. The number of aryl methyl sites for hydroxylation is 2. The number of nitrogens with zero attached hydrogens (tertiary/aromatic N) is 3. The van der Waals surface area contributed by atoms with Crippen LogP contribution in [-0.4, -0.2) is 55.6 Å². The summed E-state index contributed by atoms with van der Waals surface area (Å²) in [5.41, 5.74) is 2.48. The van der Waals surface area contributed by atoms with E-state index in [9.17, 15) is 14.1 Å². The number of imidazole rings is 1. The fourth-order valence-corrected chi connectivity index (χ4v) is 10.5. The van der Waals surface area contributed by atoms with E-state index in [4.69, 9.17) is 16.3 Å². The Morgan fingerprint density at radius 2 is 1.96 bits per heavy atom. The zero-order valence-corrected chi connectivity index (χ0v) is 29.3. The van der Waals surface area contributed by atoms with Crippen LogP contribution in [0.2, 0.25) is 5.02 Å². The minimum Gasteiger partial charge on any atom is -0.490 e. The molecule has 3 aromatic rings. The second-order valence-electron chi connectivity index (χ2n) is 14.7. The van der Waals surface area contributed by atoms with Gasteiger partial charge in [-0.15, -0.1) is 0 Å². The number of hydrogen-bond acceptors (Lipinski definition) is 6. The van der Waals surface area contributed by atoms with Gasteiger partial charge in [-0.05, 0) is 123 Å². The summed E-state index contributed by atoms with van der Waals surface area (Å²) in [4.78, 5) is 20.8. The van der Waals surface area contributed by atoms with E-state index in [1.165, 1.54) is 11.1 Å². The molecule has 2 aromatic carbocycles. The topological polar surface area (TPSA) is 96.7 Å². The van der Waals surface area contributed by atoms with Crippen LogP contribution in [0, 0.1) is 17.8 Å². The first kappa shape index (κ1) is 32.5. The number of anilines is 1. The Balaban J connectivity index is 1.34. The fraction of sp³-hybridized carbons (Fsp3) is 0.541. The number of hydrogen-bond donors (Lipinski definition) is 2. The Kier molecular flexibility index (Phi) is 8.41. The Hall–Kier alpha value is -3.01. The molecule has 1 saturated carbocycles. The number of ether oxygens (including phenoxy) is 1. The van der Waals surface area contributed by atoms with Crippen molar-refractivity contribution in [3.63, 3.8) is 0 Å². The van der Waals surface area contributed by atoms with Crippen molar-refractivity contribution < 1.29 is 18.8 Å². The first-order valence-electron chi connectivity index (χ1n) is 17.1. The number of rotatable bonds is 1. The molecule has 47 heavy (non-hydrogen) atoms. The second-order valence-corrected chi connectivity index (χ2v) is 17.6. The summed E-state index contributed by atoms with van der Waals surface area (Å²) in [6.07, 6.45) is 10.6. The Bertz CT molecular complexity index is 1790. The normalized spacial score (nSPS) is 34.3. The molecule has 0 radical (unpaired) electrons. The van der Waals surface area contributed by atoms with Gasteiger partial charge in [-0.3, -0.25) is 9.52 Å². The van der Waals surface area contributed by atoms with Crippen molar-refractivity contribution in [2.75, 3.05) is 24.6 Å². The molecule has 2 aliphatic heterocycles. The van der Waals surface area contributed by atoms with Gasteiger partial charge in [0.2, 0.25) is 0 Å². The van der Waals surface area contributed by atoms with Crippen LogP contribution in [0.3, 0.4) is 0 Å². The Morgan fingerprint density at radius 3 is 2.70 bits per heavy atom. The molecule has 2 bridgehead atoms. The van der Waals surface area contributed by atoms with Gasteiger partial charge in [0, 0.05) is 53.8 Å². The lowest BCUT2D eigenvalue weighted by Gasteiger charge is -2.49. The number of amides is 1. The molecule has 7 rings (SSSR count). The molecule has 1 fully saturated rings. The molecular weight excluding hydrogens is 632 g/mol. The van der Waals surface area contributed by atoms with Crippen molar-refractivity contribution in [2.45, 2.75) is 81.5 Å². The SMILES string of the molecule is C=S1(=O)NC(=O)c2ccc3c(c2)N(C[C@@H]2CC[C@H]2[C@@](O)(c2nccn2C)CCC[C@H](C)[C@H]1C)C[C@@]1(CCCc2cc(Cl)ccc21)CO3. The molecule has 7 atom stereocenters. The van der Waals surface area contributed by atoms with Crippen LogP contribution in [0.5, 0.6) is 5.75 Å². The van der Waals surface area contributed by atoms with E-state index in [0.717, 1.165) is 61.4 Å². The summed E-state index contributed by atoms with van der Waals surface area (Å²) in [7, 11) is -1.00. The standard InChI is InChI=1S/C37H47ClN4O4S/c1-24-7-5-16-37(44,35-39-17-18-41(35)3)31-12-9-28(31)21-42-22-36(15-6-8-26-19-29(38)11-13-30(26)36)23-46-33-14-10-27(20-32(33)42)34(43)40-47(4,45)25(24)2/h10-11,13-14,17-20,24-25,28,31,44H,4-9,12,15-16,21-23H2,1-3H3,(H,40,43,45)/t24-,25+,28-,31+,36-,37+,47?/m0/s1. The number of benzene rings is 2. The first-order valence-corrected chi connectivity index (χ1v) is 19.3. The summed E-state index contributed by atoms with van der Waals surface area (Å²) in [5, 5.41) is 13.1. The van der Waals surface area contributed by atoms with Crippen molar-refractivity contribution in [1.82, 2.24) is 14.3 Å². The summed E-state index contributed by atoms with van der Waals surface area (Å²) < 4.78 is 25.3. The van der Waals surface area contributed by atoms with E-state index in [0.29, 0.717) is 37.5 Å².